The van der Waals surface area contributed by atoms with Gasteiger partial charge in [0.25, 0.3) is 0 Å². The van der Waals surface area contributed by atoms with E-state index in [-0.39, 0.29) is 0 Å². The molecule has 4 nitrogen and oxygen atoms in total. The van der Waals surface area contributed by atoms with E-state index in [2.05, 4.69) is 22.5 Å². The molecule has 0 spiro atoms. The number of anilines is 1. The van der Waals surface area contributed by atoms with Crippen LogP contribution in [-0.2, 0) is 4.74 Å². The van der Waals surface area contributed by atoms with E-state index < -0.39 is 0 Å². The number of nitrogens with two attached hydrogens (primary N) is 1. The van der Waals surface area contributed by atoms with Crippen LogP contribution in [0.2, 0.25) is 0 Å². The lowest BCUT2D eigenvalue weighted by Crippen LogP contribution is -2.25. The number of benzene rings is 1. The molecule has 90 valence electrons. The fourth-order valence-electron chi connectivity index (χ4n) is 2.57. The summed E-state index contributed by atoms with van der Waals surface area (Å²) in [5.41, 5.74) is 8.67. The van der Waals surface area contributed by atoms with Crippen LogP contribution >= 0.6 is 0 Å². The fourth-order valence-corrected chi connectivity index (χ4v) is 2.57. The van der Waals surface area contributed by atoms with Crippen LogP contribution in [0.3, 0.4) is 0 Å². The average Bonchev–Trinajstić information content (AvgIpc) is 2.71. The van der Waals surface area contributed by atoms with Gasteiger partial charge in [-0.2, -0.15) is 0 Å². The van der Waals surface area contributed by atoms with Crippen molar-refractivity contribution in [1.29, 1.82) is 0 Å². The molecule has 0 bridgehead atoms. The van der Waals surface area contributed by atoms with Crippen LogP contribution in [-0.4, -0.2) is 22.3 Å². The van der Waals surface area contributed by atoms with Gasteiger partial charge in [0.05, 0.1) is 23.5 Å². The van der Waals surface area contributed by atoms with Crippen molar-refractivity contribution in [3.05, 3.63) is 24.5 Å². The number of hydrogen-bond acceptors (Lipinski definition) is 3. The van der Waals surface area contributed by atoms with Crippen LogP contribution in [0.15, 0.2) is 24.5 Å². The van der Waals surface area contributed by atoms with Gasteiger partial charge >= 0.3 is 0 Å². The molecule has 1 aliphatic rings. The maximum absolute atomic E-state index is 5.76. The summed E-state index contributed by atoms with van der Waals surface area (Å²) in [6.45, 7) is 2.96. The zero-order valence-corrected chi connectivity index (χ0v) is 9.97. The molecule has 2 aromatic rings. The molecule has 0 radical (unpaired) electrons. The highest BCUT2D eigenvalue weighted by Gasteiger charge is 2.21. The van der Waals surface area contributed by atoms with E-state index in [0.717, 1.165) is 30.7 Å². The first-order chi connectivity index (χ1) is 8.24. The number of fused-ring (bicyclic) bond motifs is 1. The fraction of sp³-hybridized carbons (Fsp3) is 0.462. The van der Waals surface area contributed by atoms with E-state index >= 15 is 0 Å². The van der Waals surface area contributed by atoms with Crippen molar-refractivity contribution in [3.8, 4) is 0 Å². The number of nitrogens with zero attached hydrogens (tertiary/aromatic N) is 2. The Balaban J connectivity index is 1.99. The van der Waals surface area contributed by atoms with Gasteiger partial charge in [0.1, 0.15) is 0 Å². The van der Waals surface area contributed by atoms with Crippen molar-refractivity contribution < 1.29 is 4.74 Å². The summed E-state index contributed by atoms with van der Waals surface area (Å²) in [4.78, 5) is 4.42. The van der Waals surface area contributed by atoms with E-state index in [1.54, 1.807) is 0 Å². The van der Waals surface area contributed by atoms with Gasteiger partial charge in [-0.1, -0.05) is 0 Å². The molecule has 4 heteroatoms. The molecule has 2 N–H and O–H groups in total. The highest BCUT2D eigenvalue weighted by molar-refractivity contribution is 5.79. The first kappa shape index (κ1) is 10.6. The summed E-state index contributed by atoms with van der Waals surface area (Å²) in [7, 11) is 0. The minimum absolute atomic E-state index is 0.333. The van der Waals surface area contributed by atoms with Gasteiger partial charge in [0.2, 0.25) is 0 Å². The molecule has 1 aliphatic heterocycles. The molecule has 17 heavy (non-hydrogen) atoms. The smallest absolute Gasteiger partial charge is 0.0960 e. The molecular formula is C13H17N3O. The maximum atomic E-state index is 5.76. The quantitative estimate of drug-likeness (QED) is 0.766. The van der Waals surface area contributed by atoms with Crippen LogP contribution in [0.1, 0.15) is 25.8 Å². The van der Waals surface area contributed by atoms with Gasteiger partial charge in [-0.25, -0.2) is 4.98 Å². The Bertz CT molecular complexity index is 534. The first-order valence-electron chi connectivity index (χ1n) is 6.07. The zero-order chi connectivity index (χ0) is 11.8. The average molecular weight is 231 g/mol. The highest BCUT2D eigenvalue weighted by atomic mass is 16.5. The Morgan fingerprint density at radius 2 is 2.35 bits per heavy atom. The third kappa shape index (κ3) is 1.89. The summed E-state index contributed by atoms with van der Waals surface area (Å²) in [5, 5.41) is 0. The Kier molecular flexibility index (Phi) is 2.52. The molecule has 3 rings (SSSR count). The van der Waals surface area contributed by atoms with E-state index in [1.165, 1.54) is 5.52 Å². The Morgan fingerprint density at radius 3 is 3.18 bits per heavy atom. The van der Waals surface area contributed by atoms with Crippen molar-refractivity contribution in [3.63, 3.8) is 0 Å². The lowest BCUT2D eigenvalue weighted by molar-refractivity contribution is 0.00671. The summed E-state index contributed by atoms with van der Waals surface area (Å²) in [6.07, 6.45) is 4.36. The lowest BCUT2D eigenvalue weighted by atomic mass is 10.0. The van der Waals surface area contributed by atoms with Gasteiger partial charge in [0.15, 0.2) is 0 Å². The second-order valence-corrected chi connectivity index (χ2v) is 4.76. The first-order valence-corrected chi connectivity index (χ1v) is 6.07. The molecule has 1 aromatic heterocycles. The zero-order valence-electron chi connectivity index (χ0n) is 9.97. The molecule has 1 aromatic carbocycles. The number of imidazole rings is 1. The summed E-state index contributed by atoms with van der Waals surface area (Å²) >= 11 is 0. The SMILES string of the molecule is CC1CC(n2cnc3cc(N)ccc32)CCO1. The molecule has 0 aliphatic carbocycles. The van der Waals surface area contributed by atoms with Gasteiger partial charge in [0, 0.05) is 18.3 Å². The van der Waals surface area contributed by atoms with Crippen molar-refractivity contribution in [2.45, 2.75) is 31.9 Å². The third-order valence-corrected chi connectivity index (χ3v) is 3.45. The van der Waals surface area contributed by atoms with Crippen LogP contribution < -0.4 is 5.73 Å². The largest absolute Gasteiger partial charge is 0.399 e. The summed E-state index contributed by atoms with van der Waals surface area (Å²) in [6, 6.07) is 6.41. The second kappa shape index (κ2) is 4.04. The van der Waals surface area contributed by atoms with E-state index in [4.69, 9.17) is 10.5 Å². The summed E-state index contributed by atoms with van der Waals surface area (Å²) in [5.74, 6) is 0. The number of rotatable bonds is 1. The van der Waals surface area contributed by atoms with Gasteiger partial charge in [-0.05, 0) is 38.0 Å². The van der Waals surface area contributed by atoms with Crippen molar-refractivity contribution >= 4 is 16.7 Å². The molecule has 2 atom stereocenters. The number of ether oxygens (including phenoxy) is 1. The molecule has 0 amide bonds. The van der Waals surface area contributed by atoms with Gasteiger partial charge < -0.3 is 15.0 Å². The minimum Gasteiger partial charge on any atom is -0.399 e. The molecule has 1 fully saturated rings. The number of hydrogen-bond donors (Lipinski definition) is 1. The molecule has 2 unspecified atom stereocenters. The van der Waals surface area contributed by atoms with E-state index in [1.807, 2.05) is 18.5 Å². The van der Waals surface area contributed by atoms with Crippen LogP contribution in [0.5, 0.6) is 0 Å². The Morgan fingerprint density at radius 1 is 1.47 bits per heavy atom. The lowest BCUT2D eigenvalue weighted by Gasteiger charge is -2.28. The standard InChI is InChI=1S/C13H17N3O/c1-9-6-11(4-5-17-9)16-8-15-12-7-10(14)2-3-13(12)16/h2-3,7-9,11H,4-6,14H2,1H3. The van der Waals surface area contributed by atoms with Gasteiger partial charge in [-0.15, -0.1) is 0 Å². The third-order valence-electron chi connectivity index (χ3n) is 3.45. The number of nitrogen functional groups attached to an aromatic ring is 1. The predicted molar refractivity (Wildman–Crippen MR) is 67.8 cm³/mol. The van der Waals surface area contributed by atoms with Crippen LogP contribution in [0, 0.1) is 0 Å². The predicted octanol–water partition coefficient (Wildman–Crippen LogP) is 2.36. The monoisotopic (exact) mass is 231 g/mol. The minimum atomic E-state index is 0.333. The number of aromatic nitrogens is 2. The van der Waals surface area contributed by atoms with Crippen molar-refractivity contribution in [2.75, 3.05) is 12.3 Å². The molecule has 1 saturated heterocycles. The maximum Gasteiger partial charge on any atom is 0.0960 e. The van der Waals surface area contributed by atoms with Crippen molar-refractivity contribution in [1.82, 2.24) is 9.55 Å². The Labute approximate surface area is 100 Å². The van der Waals surface area contributed by atoms with E-state index in [0.29, 0.717) is 12.1 Å². The Hall–Kier alpha value is -1.55. The normalized spacial score (nSPS) is 25.2. The molecule has 2 heterocycles. The molecule has 0 saturated carbocycles. The highest BCUT2D eigenvalue weighted by Crippen LogP contribution is 2.28. The van der Waals surface area contributed by atoms with Crippen molar-refractivity contribution in [2.24, 2.45) is 0 Å². The second-order valence-electron chi connectivity index (χ2n) is 4.76. The van der Waals surface area contributed by atoms with Crippen LogP contribution in [0.25, 0.3) is 11.0 Å². The summed E-state index contributed by atoms with van der Waals surface area (Å²) < 4.78 is 7.84. The topological polar surface area (TPSA) is 53.1 Å². The van der Waals surface area contributed by atoms with E-state index in [9.17, 15) is 0 Å². The van der Waals surface area contributed by atoms with Crippen LogP contribution in [0.4, 0.5) is 5.69 Å². The van der Waals surface area contributed by atoms with Gasteiger partial charge in [-0.3, -0.25) is 0 Å². The molecular weight excluding hydrogens is 214 g/mol.